The SMILES string of the molecule is CC1CN(CCO)CC(C)O1.CC1CN(CCn2c3ccccc3c3c2cc(C#N)c(=O)n3-c2ccc([N+](=O)[O-])cc2)CC(C)O1.N#Cc1cc2[nH]c3ccccc3c2n(-c2ccc([N+](=O)[O-])cc2)c1=O. The van der Waals surface area contributed by atoms with Crippen molar-refractivity contribution in [2.24, 2.45) is 0 Å². The van der Waals surface area contributed by atoms with Crippen LogP contribution in [0.25, 0.3) is 55.2 Å². The number of H-pyrrole nitrogens is 1. The van der Waals surface area contributed by atoms with Gasteiger partial charge in [0.25, 0.3) is 22.5 Å². The standard InChI is InChI=1S/C26H25N5O4.C18H10N4O3.C8H17NO2/c1-17-15-28(16-18(2)35-17)11-12-29-23-6-4-3-5-22(23)25-24(29)13-19(14-27)26(32)30(25)20-7-9-21(10-8-20)31(33)34;19-10-11-9-16-17(14-3-1-2-4-15(14)20-16)21(18(11)23)12-5-7-13(8-6-12)22(24)25;1-7-5-9(3-4-10)6-8(2)11-7/h3-10,13,17-18H,11-12,15-16H2,1-2H3;1-9,20H;7-8,10H,3-6H2,1-2H3. The number of aliphatic hydroxyl groups excluding tert-OH is 1. The van der Waals surface area contributed by atoms with E-state index in [1.54, 1.807) is 18.2 Å². The van der Waals surface area contributed by atoms with Crippen molar-refractivity contribution in [1.82, 2.24) is 28.5 Å². The largest absolute Gasteiger partial charge is 0.395 e. The molecule has 2 fully saturated rings. The highest BCUT2D eigenvalue weighted by Gasteiger charge is 2.25. The summed E-state index contributed by atoms with van der Waals surface area (Å²) in [5, 5.41) is 51.4. The van der Waals surface area contributed by atoms with Crippen LogP contribution in [0.2, 0.25) is 0 Å². The number of nitro benzene ring substituents is 2. The Balaban J connectivity index is 0.000000163. The summed E-state index contributed by atoms with van der Waals surface area (Å²) in [7, 11) is 0. The van der Waals surface area contributed by atoms with Crippen molar-refractivity contribution >= 4 is 55.2 Å². The third-order valence-corrected chi connectivity index (χ3v) is 12.5. The number of non-ortho nitro benzene ring substituents is 2. The summed E-state index contributed by atoms with van der Waals surface area (Å²) < 4.78 is 16.5. The van der Waals surface area contributed by atoms with Crippen LogP contribution in [-0.4, -0.2) is 114 Å². The molecule has 6 heterocycles. The number of pyridine rings is 2. The van der Waals surface area contributed by atoms with Crippen LogP contribution < -0.4 is 11.1 Å². The molecule has 0 spiro atoms. The van der Waals surface area contributed by atoms with Gasteiger partial charge in [-0.2, -0.15) is 10.5 Å². The molecule has 2 saturated heterocycles. The number of hydrogen-bond donors (Lipinski definition) is 2. The zero-order valence-electron chi connectivity index (χ0n) is 39.6. The van der Waals surface area contributed by atoms with Gasteiger partial charge >= 0.3 is 0 Å². The summed E-state index contributed by atoms with van der Waals surface area (Å²) in [5.74, 6) is 0. The molecule has 0 radical (unpaired) electrons. The number of fused-ring (bicyclic) bond motifs is 6. The summed E-state index contributed by atoms with van der Waals surface area (Å²) in [6.07, 6.45) is 0.944. The van der Waals surface area contributed by atoms with E-state index in [0.717, 1.165) is 66.6 Å². The lowest BCUT2D eigenvalue weighted by molar-refractivity contribution is -0.385. The van der Waals surface area contributed by atoms with Crippen LogP contribution in [0.4, 0.5) is 11.4 Å². The predicted molar refractivity (Wildman–Crippen MR) is 269 cm³/mol. The number of β-amino-alcohol motifs (C(OH)–C–C–N with tert-alkyl or cyclic N) is 1. The molecule has 4 aromatic carbocycles. The second kappa shape index (κ2) is 21.3. The first-order valence-electron chi connectivity index (χ1n) is 23.2. The molecule has 4 aromatic heterocycles. The van der Waals surface area contributed by atoms with Crippen LogP contribution in [0.3, 0.4) is 0 Å². The van der Waals surface area contributed by atoms with Gasteiger partial charge in [-0.1, -0.05) is 36.4 Å². The van der Waals surface area contributed by atoms with Gasteiger partial charge in [-0.15, -0.1) is 0 Å². The van der Waals surface area contributed by atoms with Gasteiger partial charge in [0.2, 0.25) is 0 Å². The highest BCUT2D eigenvalue weighted by atomic mass is 16.6. The third-order valence-electron chi connectivity index (χ3n) is 12.5. The quantitative estimate of drug-likeness (QED) is 0.108. The normalized spacial score (nSPS) is 18.3. The van der Waals surface area contributed by atoms with Crippen molar-refractivity contribution in [1.29, 1.82) is 10.5 Å². The minimum Gasteiger partial charge on any atom is -0.395 e. The van der Waals surface area contributed by atoms with Crippen LogP contribution >= 0.6 is 0 Å². The van der Waals surface area contributed by atoms with Crippen molar-refractivity contribution in [3.63, 3.8) is 0 Å². The zero-order valence-corrected chi connectivity index (χ0v) is 39.6. The highest BCUT2D eigenvalue weighted by Crippen LogP contribution is 2.32. The molecule has 71 heavy (non-hydrogen) atoms. The Hall–Kier alpha value is -8.04. The lowest BCUT2D eigenvalue weighted by Gasteiger charge is -2.35. The van der Waals surface area contributed by atoms with Gasteiger partial charge in [-0.05, 0) is 76.2 Å². The first-order valence-corrected chi connectivity index (χ1v) is 23.2. The summed E-state index contributed by atoms with van der Waals surface area (Å²) in [4.78, 5) is 54.9. The summed E-state index contributed by atoms with van der Waals surface area (Å²) in [5.41, 5.74) is 4.44. The monoisotopic (exact) mass is 960 g/mol. The Morgan fingerprint density at radius 2 is 1.07 bits per heavy atom. The van der Waals surface area contributed by atoms with Crippen LogP contribution in [-0.2, 0) is 16.0 Å². The topological polar surface area (TPSA) is 244 Å². The Labute approximate surface area is 406 Å². The van der Waals surface area contributed by atoms with Crippen molar-refractivity contribution in [3.8, 4) is 23.5 Å². The molecule has 8 aromatic rings. The molecule has 0 saturated carbocycles. The molecule has 19 nitrogen and oxygen atoms in total. The number of nitrogens with zero attached hydrogens (tertiary/aromatic N) is 9. The highest BCUT2D eigenvalue weighted by molar-refractivity contribution is 6.07. The predicted octanol–water partition coefficient (Wildman–Crippen LogP) is 7.17. The average molecular weight is 961 g/mol. The smallest absolute Gasteiger partial charge is 0.273 e. The minimum atomic E-state index is -0.500. The van der Waals surface area contributed by atoms with Gasteiger partial charge in [-0.25, -0.2) is 0 Å². The molecule has 0 amide bonds. The number of hydrogen-bond acceptors (Lipinski definition) is 13. The number of benzene rings is 4. The number of aromatic amines is 1. The molecule has 10 rings (SSSR count). The average Bonchev–Trinajstić information content (AvgIpc) is 3.87. The number of nitro groups is 2. The van der Waals surface area contributed by atoms with Gasteiger partial charge in [-0.3, -0.25) is 48.8 Å². The third kappa shape index (κ3) is 10.5. The second-order valence-electron chi connectivity index (χ2n) is 17.8. The minimum absolute atomic E-state index is 0.00240. The molecule has 19 heteroatoms. The van der Waals surface area contributed by atoms with E-state index in [4.69, 9.17) is 14.6 Å². The maximum atomic E-state index is 13.3. The second-order valence-corrected chi connectivity index (χ2v) is 17.8. The molecular formula is C52H52N10O9. The maximum absolute atomic E-state index is 13.3. The lowest BCUT2D eigenvalue weighted by atomic mass is 10.2. The number of nitriles is 2. The van der Waals surface area contributed by atoms with Gasteiger partial charge in [0.05, 0.1) is 68.5 Å². The van der Waals surface area contributed by atoms with E-state index in [0.29, 0.717) is 46.7 Å². The van der Waals surface area contributed by atoms with Crippen molar-refractivity contribution in [2.75, 3.05) is 45.9 Å². The fourth-order valence-electron chi connectivity index (χ4n) is 9.69. The fourth-order valence-corrected chi connectivity index (χ4v) is 9.69. The van der Waals surface area contributed by atoms with Crippen LogP contribution in [0.5, 0.6) is 0 Å². The number of rotatable bonds is 9. The summed E-state index contributed by atoms with van der Waals surface area (Å²) in [6.45, 7) is 14.4. The van der Waals surface area contributed by atoms with Crippen LogP contribution in [0, 0.1) is 42.9 Å². The van der Waals surface area contributed by atoms with E-state index in [1.165, 1.54) is 51.6 Å². The van der Waals surface area contributed by atoms with Gasteiger partial charge < -0.3 is 24.1 Å². The number of aromatic nitrogens is 4. The Bertz CT molecular complexity index is 3460. The fraction of sp³-hybridized carbons (Fsp3) is 0.308. The van der Waals surface area contributed by atoms with E-state index >= 15 is 0 Å². The van der Waals surface area contributed by atoms with E-state index in [9.17, 15) is 40.3 Å². The molecule has 0 bridgehead atoms. The van der Waals surface area contributed by atoms with E-state index < -0.39 is 21.0 Å². The van der Waals surface area contributed by atoms with Gasteiger partial charge in [0, 0.05) is 97.7 Å². The first kappa shape index (κ1) is 49.4. The number of morpholine rings is 2. The Kier molecular flexibility index (Phi) is 14.8. The number of para-hydroxylation sites is 2. The first-order chi connectivity index (χ1) is 34.2. The summed E-state index contributed by atoms with van der Waals surface area (Å²) in [6, 6.07) is 34.0. The zero-order chi connectivity index (χ0) is 50.5. The Morgan fingerprint density at radius 1 is 0.606 bits per heavy atom. The molecule has 2 N–H and O–H groups in total. The van der Waals surface area contributed by atoms with Gasteiger partial charge in [0.1, 0.15) is 23.3 Å². The number of nitrogens with one attached hydrogen (secondary N) is 1. The lowest BCUT2D eigenvalue weighted by Crippen LogP contribution is -2.46. The molecule has 4 unspecified atom stereocenters. The van der Waals surface area contributed by atoms with Crippen LogP contribution in [0.1, 0.15) is 38.8 Å². The maximum Gasteiger partial charge on any atom is 0.273 e. The molecule has 2 aliphatic heterocycles. The van der Waals surface area contributed by atoms with E-state index in [-0.39, 0.29) is 41.3 Å². The van der Waals surface area contributed by atoms with Crippen molar-refractivity contribution < 1.29 is 24.4 Å². The number of aliphatic hydroxyl groups is 1. The molecule has 0 aliphatic carbocycles. The van der Waals surface area contributed by atoms with Crippen molar-refractivity contribution in [3.05, 3.63) is 161 Å². The summed E-state index contributed by atoms with van der Waals surface area (Å²) >= 11 is 0. The molecule has 2 aliphatic rings. The van der Waals surface area contributed by atoms with E-state index in [2.05, 4.69) is 47.0 Å². The molecule has 4 atom stereocenters. The molecular weight excluding hydrogens is 909 g/mol. The van der Waals surface area contributed by atoms with E-state index in [1.807, 2.05) is 60.7 Å². The number of ether oxygens (including phenoxy) is 2. The van der Waals surface area contributed by atoms with Crippen molar-refractivity contribution in [2.45, 2.75) is 58.7 Å². The Morgan fingerprint density at radius 3 is 1.58 bits per heavy atom. The molecule has 364 valence electrons. The van der Waals surface area contributed by atoms with Gasteiger partial charge in [0.15, 0.2) is 0 Å². The van der Waals surface area contributed by atoms with Crippen LogP contribution in [0.15, 0.2) is 119 Å².